The van der Waals surface area contributed by atoms with Gasteiger partial charge in [-0.05, 0) is 0 Å². The minimum absolute atomic E-state index is 1.18. The van der Waals surface area contributed by atoms with Crippen molar-refractivity contribution >= 4 is 38.0 Å². The minimum atomic E-state index is 1.18. The minimum Gasteiger partial charge on any atom is -0.150 e. The van der Waals surface area contributed by atoms with Gasteiger partial charge in [-0.1, -0.05) is 29.4 Å². The summed E-state index contributed by atoms with van der Waals surface area (Å²) in [6, 6.07) is 0. The molecule has 0 rings (SSSR count). The van der Waals surface area contributed by atoms with Crippen LogP contribution in [0.1, 0.15) is 0 Å². The molecule has 0 aromatic heterocycles. The molecule has 0 nitrogen and oxygen atoms in total. The highest BCUT2D eigenvalue weighted by atomic mass is 127. The second-order valence-electron chi connectivity index (χ2n) is 0.737. The molecular weight excluding hydrogens is 193 g/mol. The summed E-state index contributed by atoms with van der Waals surface area (Å²) in [6.07, 6.45) is 0. The van der Waals surface area contributed by atoms with E-state index in [9.17, 15) is 0 Å². The first kappa shape index (κ1) is 6.22. The van der Waals surface area contributed by atoms with Crippen LogP contribution < -0.4 is 0 Å². The van der Waals surface area contributed by atoms with Crippen molar-refractivity contribution in [1.82, 2.24) is 0 Å². The van der Waals surface area contributed by atoms with E-state index >= 15 is 0 Å². The highest BCUT2D eigenvalue weighted by Crippen LogP contribution is 2.08. The van der Waals surface area contributed by atoms with Crippen molar-refractivity contribution in [2.24, 2.45) is 0 Å². The molecule has 0 saturated carbocycles. The molecule has 0 spiro atoms. The second-order valence-corrected chi connectivity index (χ2v) is 4.50. The third-order valence-electron chi connectivity index (χ3n) is 0.344. The summed E-state index contributed by atoms with van der Waals surface area (Å²) in [7, 11) is 1.18. The van der Waals surface area contributed by atoms with Crippen LogP contribution in [0.5, 0.6) is 0 Å². The lowest BCUT2D eigenvalue weighted by atomic mass is 10.2. The average Bonchev–Trinajstić information content (AvgIpc) is 1.41. The van der Waals surface area contributed by atoms with Gasteiger partial charge in [-0.25, -0.2) is 0 Å². The van der Waals surface area contributed by atoms with Crippen molar-refractivity contribution < 1.29 is 0 Å². The van der Waals surface area contributed by atoms with E-state index in [0.29, 0.717) is 0 Å². The van der Waals surface area contributed by atoms with Gasteiger partial charge in [0, 0.05) is 4.17 Å². The monoisotopic (exact) mass is 200 g/mol. The third kappa shape index (κ3) is 5.22. The van der Waals surface area contributed by atoms with Gasteiger partial charge in [0.25, 0.3) is 0 Å². The van der Waals surface area contributed by atoms with Gasteiger partial charge < -0.3 is 0 Å². The second kappa shape index (κ2) is 5.22. The van der Waals surface area contributed by atoms with Gasteiger partial charge in [0.2, 0.25) is 0 Å². The van der Waals surface area contributed by atoms with Crippen molar-refractivity contribution in [2.45, 2.75) is 6.82 Å². The topological polar surface area (TPSA) is 0 Å². The van der Waals surface area contributed by atoms with Gasteiger partial charge in [0.05, 0.1) is 0 Å². The Hall–Kier alpha value is 1.22. The van der Waals surface area contributed by atoms with Crippen LogP contribution in [0.3, 0.4) is 0 Å². The molecule has 0 N–H and O–H groups in total. The molecule has 0 aromatic rings. The maximum absolute atomic E-state index is 2.40. The van der Waals surface area contributed by atoms with Crippen molar-refractivity contribution in [1.29, 1.82) is 0 Å². The first-order valence-electron chi connectivity index (χ1n) is 1.68. The fourth-order valence-electron chi connectivity index (χ4n) is 0.0945. The van der Waals surface area contributed by atoms with E-state index < -0.39 is 0 Å². The molecule has 0 amide bonds. The zero-order valence-electron chi connectivity index (χ0n) is 3.29. The summed E-state index contributed by atoms with van der Waals surface area (Å²) < 4.78 is 1.34. The summed E-state index contributed by atoms with van der Waals surface area (Å²) >= 11 is 2.40. The van der Waals surface area contributed by atoms with E-state index in [1.165, 1.54) is 19.6 Å². The highest BCUT2D eigenvalue weighted by Gasteiger charge is 1.71. The number of alkyl halides is 1. The molecule has 1 atom stereocenters. The maximum atomic E-state index is 2.40. The Morgan fingerprint density at radius 2 is 2.60 bits per heavy atom. The van der Waals surface area contributed by atoms with Gasteiger partial charge >= 0.3 is 0 Å². The van der Waals surface area contributed by atoms with Crippen LogP contribution >= 0.6 is 31.1 Å². The normalized spacial score (nSPS) is 10.0. The van der Waals surface area contributed by atoms with Crippen LogP contribution in [0.25, 0.3) is 0 Å². The number of hydrogen-bond acceptors (Lipinski definition) is 0. The van der Waals surface area contributed by atoms with E-state index in [1.807, 2.05) is 0 Å². The molecule has 0 aliphatic carbocycles. The standard InChI is InChI=1S/C2H7BIP/c1-3-5-2-4/h3,5H,2H2,1H3. The van der Waals surface area contributed by atoms with Gasteiger partial charge in [0.15, 0.2) is 0 Å². The largest absolute Gasteiger partial charge is 0.150 e. The van der Waals surface area contributed by atoms with E-state index in [4.69, 9.17) is 0 Å². The smallest absolute Gasteiger partial charge is 0.146 e. The Kier molecular flexibility index (Phi) is 6.50. The summed E-state index contributed by atoms with van der Waals surface area (Å²) in [5.41, 5.74) is 0. The zero-order chi connectivity index (χ0) is 4.12. The number of hydrogen-bond donors (Lipinski definition) is 0. The molecule has 5 heavy (non-hydrogen) atoms. The van der Waals surface area contributed by atoms with Crippen LogP contribution in [-0.4, -0.2) is 11.2 Å². The predicted octanol–water partition coefficient (Wildman–Crippen LogP) is 1.46. The molecule has 0 radical (unpaired) electrons. The summed E-state index contributed by atoms with van der Waals surface area (Å²) in [6.45, 7) is 3.58. The van der Waals surface area contributed by atoms with Crippen molar-refractivity contribution in [3.05, 3.63) is 0 Å². The number of rotatable bonds is 2. The van der Waals surface area contributed by atoms with Crippen LogP contribution in [0.2, 0.25) is 6.82 Å². The van der Waals surface area contributed by atoms with E-state index in [1.54, 1.807) is 0 Å². The van der Waals surface area contributed by atoms with Crippen LogP contribution in [0.15, 0.2) is 0 Å². The lowest BCUT2D eigenvalue weighted by Crippen LogP contribution is -1.61. The molecule has 0 bridgehead atoms. The summed E-state index contributed by atoms with van der Waals surface area (Å²) in [5, 5.41) is 0. The van der Waals surface area contributed by atoms with Gasteiger partial charge in [0.1, 0.15) is 7.00 Å². The Bertz CT molecular complexity index is 17.1. The molecule has 0 aliphatic heterocycles. The molecule has 0 heterocycles. The lowest BCUT2D eigenvalue weighted by Gasteiger charge is -1.76. The van der Waals surface area contributed by atoms with Crippen molar-refractivity contribution in [2.75, 3.05) is 4.17 Å². The van der Waals surface area contributed by atoms with Gasteiger partial charge in [-0.3, -0.25) is 0 Å². The Labute approximate surface area is 49.2 Å². The van der Waals surface area contributed by atoms with Crippen molar-refractivity contribution in [3.63, 3.8) is 0 Å². The Morgan fingerprint density at radius 1 is 2.00 bits per heavy atom. The fraction of sp³-hybridized carbons (Fsp3) is 1.00. The molecule has 0 aromatic carbocycles. The van der Waals surface area contributed by atoms with E-state index in [-0.39, 0.29) is 0 Å². The molecule has 30 valence electrons. The summed E-state index contributed by atoms with van der Waals surface area (Å²) in [5.74, 6) is 0. The first-order valence-corrected chi connectivity index (χ1v) is 4.62. The molecule has 0 aliphatic rings. The lowest BCUT2D eigenvalue weighted by molar-refractivity contribution is 2.33. The zero-order valence-corrected chi connectivity index (χ0v) is 6.45. The highest BCUT2D eigenvalue weighted by molar-refractivity contribution is 14.1. The van der Waals surface area contributed by atoms with E-state index in [0.717, 1.165) is 0 Å². The van der Waals surface area contributed by atoms with Gasteiger partial charge in [-0.15, -0.1) is 8.46 Å². The maximum Gasteiger partial charge on any atom is 0.146 e. The van der Waals surface area contributed by atoms with Crippen molar-refractivity contribution in [3.8, 4) is 0 Å². The van der Waals surface area contributed by atoms with Crippen LogP contribution in [0.4, 0.5) is 0 Å². The first-order chi connectivity index (χ1) is 2.41. The predicted molar refractivity (Wildman–Crippen MR) is 40.2 cm³/mol. The number of halogens is 1. The Balaban J connectivity index is 2.19. The average molecular weight is 200 g/mol. The molecule has 0 saturated heterocycles. The third-order valence-corrected chi connectivity index (χ3v) is 2.65. The molecule has 0 fully saturated rings. The quantitative estimate of drug-likeness (QED) is 0.274. The van der Waals surface area contributed by atoms with Gasteiger partial charge in [-0.2, -0.15) is 0 Å². The Morgan fingerprint density at radius 3 is 2.60 bits per heavy atom. The summed E-state index contributed by atoms with van der Waals surface area (Å²) in [4.78, 5) is 0. The molecule has 3 heteroatoms. The SMILES string of the molecule is CBPCI. The fourth-order valence-corrected chi connectivity index (χ4v) is 1.90. The van der Waals surface area contributed by atoms with Crippen LogP contribution in [0, 0.1) is 0 Å². The molecular formula is C2H7BIP. The molecule has 1 unspecified atom stereocenters. The van der Waals surface area contributed by atoms with Crippen LogP contribution in [-0.2, 0) is 0 Å². The van der Waals surface area contributed by atoms with E-state index in [2.05, 4.69) is 29.4 Å².